The highest BCUT2D eigenvalue weighted by Crippen LogP contribution is 2.30. The molecule has 0 unspecified atom stereocenters. The zero-order valence-electron chi connectivity index (χ0n) is 12.2. The van der Waals surface area contributed by atoms with Gasteiger partial charge in [-0.3, -0.25) is 4.79 Å². The minimum atomic E-state index is -0.282. The van der Waals surface area contributed by atoms with Crippen molar-refractivity contribution in [2.45, 2.75) is 39.8 Å². The maximum absolute atomic E-state index is 12.3. The van der Waals surface area contributed by atoms with E-state index < -0.39 is 0 Å². The van der Waals surface area contributed by atoms with E-state index in [4.69, 9.17) is 10.00 Å². The third kappa shape index (κ3) is 2.62. The molecular formula is C16H20N2O2. The molecule has 0 bridgehead atoms. The maximum atomic E-state index is 12.3. The molecule has 1 aliphatic heterocycles. The minimum absolute atomic E-state index is 0.0269. The Balaban J connectivity index is 2.15. The lowest BCUT2D eigenvalue weighted by molar-refractivity contribution is 0.0136. The van der Waals surface area contributed by atoms with Gasteiger partial charge in [0.1, 0.15) is 6.10 Å². The summed E-state index contributed by atoms with van der Waals surface area (Å²) in [7, 11) is 0. The number of hydrogen-bond acceptors (Lipinski definition) is 3. The van der Waals surface area contributed by atoms with Gasteiger partial charge < -0.3 is 9.64 Å². The Morgan fingerprint density at radius 1 is 1.45 bits per heavy atom. The summed E-state index contributed by atoms with van der Waals surface area (Å²) in [6.07, 6.45) is 2.38. The van der Waals surface area contributed by atoms with E-state index in [0.29, 0.717) is 13.1 Å². The molecular weight excluding hydrogens is 252 g/mol. The number of ether oxygens (including phenoxy) is 1. The molecule has 0 aromatic heterocycles. The van der Waals surface area contributed by atoms with Gasteiger partial charge in [-0.15, -0.1) is 0 Å². The van der Waals surface area contributed by atoms with E-state index in [2.05, 4.69) is 20.8 Å². The van der Waals surface area contributed by atoms with E-state index in [0.717, 1.165) is 17.5 Å². The molecule has 1 atom stereocenters. The molecule has 1 aliphatic rings. The van der Waals surface area contributed by atoms with Gasteiger partial charge in [0.05, 0.1) is 6.54 Å². The van der Waals surface area contributed by atoms with Crippen molar-refractivity contribution >= 4 is 5.91 Å². The summed E-state index contributed by atoms with van der Waals surface area (Å²) in [5, 5.41) is 8.83. The Morgan fingerprint density at radius 3 is 2.75 bits per heavy atom. The van der Waals surface area contributed by atoms with E-state index in [1.807, 2.05) is 24.3 Å². The molecule has 0 radical (unpaired) electrons. The van der Waals surface area contributed by atoms with Gasteiger partial charge in [0.15, 0.2) is 0 Å². The summed E-state index contributed by atoms with van der Waals surface area (Å²) in [4.78, 5) is 14.1. The molecule has 20 heavy (non-hydrogen) atoms. The van der Waals surface area contributed by atoms with Crippen molar-refractivity contribution in [2.24, 2.45) is 5.41 Å². The number of carbonyl (C=O) groups is 1. The summed E-state index contributed by atoms with van der Waals surface area (Å²) < 4.78 is 5.22. The van der Waals surface area contributed by atoms with Crippen molar-refractivity contribution in [2.75, 3.05) is 6.54 Å². The second kappa shape index (κ2) is 5.54. The zero-order valence-corrected chi connectivity index (χ0v) is 12.2. The quantitative estimate of drug-likeness (QED) is 0.774. The van der Waals surface area contributed by atoms with Gasteiger partial charge >= 0.3 is 0 Å². The predicted octanol–water partition coefficient (Wildman–Crippen LogP) is 2.94. The topological polar surface area (TPSA) is 53.3 Å². The predicted molar refractivity (Wildman–Crippen MR) is 75.7 cm³/mol. The molecule has 1 heterocycles. The number of nitrogens with zero attached hydrogens (tertiary/aromatic N) is 2. The van der Waals surface area contributed by atoms with Crippen LogP contribution in [0.1, 0.15) is 43.1 Å². The largest absolute Gasteiger partial charge is 0.422 e. The number of amides is 1. The first-order valence-corrected chi connectivity index (χ1v) is 6.91. The third-order valence-corrected chi connectivity index (χ3v) is 4.26. The van der Waals surface area contributed by atoms with Crippen molar-refractivity contribution in [3.05, 3.63) is 35.4 Å². The van der Waals surface area contributed by atoms with E-state index in [-0.39, 0.29) is 17.4 Å². The van der Waals surface area contributed by atoms with Crippen molar-refractivity contribution in [3.63, 3.8) is 0 Å². The Morgan fingerprint density at radius 2 is 2.15 bits per heavy atom. The van der Waals surface area contributed by atoms with Crippen LogP contribution in [0.25, 0.3) is 0 Å². The van der Waals surface area contributed by atoms with Gasteiger partial charge in [-0.2, -0.15) is 5.26 Å². The molecule has 2 rings (SSSR count). The van der Waals surface area contributed by atoms with Gasteiger partial charge in [0.2, 0.25) is 0 Å². The lowest BCUT2D eigenvalue weighted by Crippen LogP contribution is -2.41. The van der Waals surface area contributed by atoms with Crippen LogP contribution in [0, 0.1) is 16.9 Å². The van der Waals surface area contributed by atoms with E-state index in [9.17, 15) is 4.79 Å². The van der Waals surface area contributed by atoms with Crippen LogP contribution in [-0.4, -0.2) is 23.5 Å². The van der Waals surface area contributed by atoms with Crippen LogP contribution >= 0.6 is 0 Å². The summed E-state index contributed by atoms with van der Waals surface area (Å²) in [5.41, 5.74) is 1.66. The summed E-state index contributed by atoms with van der Waals surface area (Å²) in [6, 6.07) is 7.63. The zero-order chi connectivity index (χ0) is 14.8. The molecule has 0 N–H and O–H groups in total. The van der Waals surface area contributed by atoms with Crippen LogP contribution in [0.2, 0.25) is 0 Å². The van der Waals surface area contributed by atoms with Crippen LogP contribution < -0.4 is 0 Å². The molecule has 4 nitrogen and oxygen atoms in total. The van der Waals surface area contributed by atoms with Crippen LogP contribution in [0.5, 0.6) is 0 Å². The number of carbonyl (C=O) groups excluding carboxylic acids is 1. The highest BCUT2D eigenvalue weighted by atomic mass is 16.5. The minimum Gasteiger partial charge on any atom is -0.422 e. The van der Waals surface area contributed by atoms with Crippen molar-refractivity contribution in [3.8, 4) is 6.26 Å². The molecule has 1 aromatic carbocycles. The number of nitriles is 1. The molecule has 1 amide bonds. The molecule has 0 aliphatic carbocycles. The van der Waals surface area contributed by atoms with Gasteiger partial charge in [0.25, 0.3) is 12.2 Å². The lowest BCUT2D eigenvalue weighted by atomic mass is 9.83. The number of hydrogen-bond donors (Lipinski definition) is 0. The molecule has 0 fully saturated rings. The Bertz CT molecular complexity index is 546. The van der Waals surface area contributed by atoms with Gasteiger partial charge in [-0.1, -0.05) is 39.0 Å². The maximum Gasteiger partial charge on any atom is 0.286 e. The normalized spacial score (nSPS) is 15.7. The smallest absolute Gasteiger partial charge is 0.286 e. The van der Waals surface area contributed by atoms with Crippen LogP contribution in [0.4, 0.5) is 0 Å². The fraction of sp³-hybridized carbons (Fsp3) is 0.500. The van der Waals surface area contributed by atoms with Crippen LogP contribution in [-0.2, 0) is 11.3 Å². The monoisotopic (exact) mass is 272 g/mol. The molecule has 4 heteroatoms. The second-order valence-electron chi connectivity index (χ2n) is 5.88. The number of benzene rings is 1. The first-order chi connectivity index (χ1) is 9.49. The fourth-order valence-corrected chi connectivity index (χ4v) is 2.40. The summed E-state index contributed by atoms with van der Waals surface area (Å²) >= 11 is 0. The van der Waals surface area contributed by atoms with E-state index >= 15 is 0 Å². The highest BCUT2D eigenvalue weighted by molar-refractivity contribution is 5.98. The second-order valence-corrected chi connectivity index (χ2v) is 5.88. The SMILES string of the molecule is CCC(C)(C)[C@@H](CN1Cc2ccccc2C1=O)OC#N. The Labute approximate surface area is 120 Å². The Hall–Kier alpha value is -2.02. The first-order valence-electron chi connectivity index (χ1n) is 6.91. The molecule has 106 valence electrons. The van der Waals surface area contributed by atoms with Gasteiger partial charge in [-0.05, 0) is 18.1 Å². The summed E-state index contributed by atoms with van der Waals surface area (Å²) in [6.45, 7) is 7.22. The number of rotatable bonds is 5. The van der Waals surface area contributed by atoms with Crippen LogP contribution in [0.15, 0.2) is 24.3 Å². The van der Waals surface area contributed by atoms with Crippen LogP contribution in [0.3, 0.4) is 0 Å². The third-order valence-electron chi connectivity index (χ3n) is 4.26. The lowest BCUT2D eigenvalue weighted by Gasteiger charge is -2.33. The van der Waals surface area contributed by atoms with Gasteiger partial charge in [0, 0.05) is 17.5 Å². The van der Waals surface area contributed by atoms with Crippen molar-refractivity contribution < 1.29 is 9.53 Å². The highest BCUT2D eigenvalue weighted by Gasteiger charge is 2.35. The van der Waals surface area contributed by atoms with Crippen molar-refractivity contribution in [1.82, 2.24) is 4.90 Å². The summed E-state index contributed by atoms with van der Waals surface area (Å²) in [5.74, 6) is 0.0269. The number of fused-ring (bicyclic) bond motifs is 1. The first kappa shape index (κ1) is 14.4. The van der Waals surface area contributed by atoms with E-state index in [1.54, 1.807) is 11.2 Å². The van der Waals surface area contributed by atoms with Crippen molar-refractivity contribution in [1.29, 1.82) is 5.26 Å². The standard InChI is InChI=1S/C16H20N2O2/c1-4-16(2,3)14(20-11-17)10-18-9-12-7-5-6-8-13(12)15(18)19/h5-8,14H,4,9-10H2,1-3H3/t14-/m1/s1. The average molecular weight is 272 g/mol. The molecule has 1 aromatic rings. The van der Waals surface area contributed by atoms with E-state index in [1.165, 1.54) is 0 Å². The molecule has 0 saturated heterocycles. The van der Waals surface area contributed by atoms with Gasteiger partial charge in [-0.25, -0.2) is 0 Å². The molecule has 0 spiro atoms. The molecule has 0 saturated carbocycles. The Kier molecular flexibility index (Phi) is 3.99. The fourth-order valence-electron chi connectivity index (χ4n) is 2.40. The average Bonchev–Trinajstić information content (AvgIpc) is 2.75.